The summed E-state index contributed by atoms with van der Waals surface area (Å²) in [6, 6.07) is 6.36. The number of methoxy groups -OCH3 is 1. The summed E-state index contributed by atoms with van der Waals surface area (Å²) in [4.78, 5) is 2.33. The molecule has 108 valence electrons. The van der Waals surface area contributed by atoms with Crippen LogP contribution in [0.5, 0.6) is 5.75 Å². The van der Waals surface area contributed by atoms with Crippen LogP contribution in [0.1, 0.15) is 19.4 Å². The van der Waals surface area contributed by atoms with Gasteiger partial charge in [-0.25, -0.2) is 0 Å². The highest BCUT2D eigenvalue weighted by Gasteiger charge is 2.15. The number of rotatable bonds is 7. The Morgan fingerprint density at radius 2 is 2.00 bits per heavy atom. The van der Waals surface area contributed by atoms with Crippen molar-refractivity contribution in [3.05, 3.63) is 23.8 Å². The monoisotopic (exact) mass is 264 g/mol. The van der Waals surface area contributed by atoms with Gasteiger partial charge in [0.05, 0.1) is 7.11 Å². The van der Waals surface area contributed by atoms with Gasteiger partial charge in [-0.15, -0.1) is 0 Å². The number of ether oxygens (including phenoxy) is 1. The lowest BCUT2D eigenvalue weighted by atomic mass is 9.95. The molecule has 0 radical (unpaired) electrons. The van der Waals surface area contributed by atoms with Crippen molar-refractivity contribution in [1.29, 1.82) is 0 Å². The summed E-state index contributed by atoms with van der Waals surface area (Å²) in [5, 5.41) is 3.29. The van der Waals surface area contributed by atoms with Gasteiger partial charge in [0.1, 0.15) is 5.75 Å². The van der Waals surface area contributed by atoms with Crippen LogP contribution in [0.2, 0.25) is 0 Å². The molecule has 3 nitrogen and oxygen atoms in total. The van der Waals surface area contributed by atoms with Crippen LogP contribution in [-0.2, 0) is 0 Å². The minimum absolute atomic E-state index is 0.650. The molecule has 0 aliphatic rings. The number of nitrogens with zero attached hydrogens (tertiary/aromatic N) is 1. The predicted octanol–water partition coefficient (Wildman–Crippen LogP) is 2.93. The third-order valence-corrected chi connectivity index (χ3v) is 3.74. The van der Waals surface area contributed by atoms with Gasteiger partial charge in [0.25, 0.3) is 0 Å². The van der Waals surface area contributed by atoms with E-state index < -0.39 is 0 Å². The number of hydrogen-bond donors (Lipinski definition) is 1. The normalized spacial score (nSPS) is 12.6. The van der Waals surface area contributed by atoms with Gasteiger partial charge in [-0.05, 0) is 56.1 Å². The zero-order chi connectivity index (χ0) is 14.4. The summed E-state index contributed by atoms with van der Waals surface area (Å²) in [5.74, 6) is 2.28. The molecule has 0 aromatic heterocycles. The van der Waals surface area contributed by atoms with E-state index in [2.05, 4.69) is 50.2 Å². The van der Waals surface area contributed by atoms with Crippen LogP contribution in [0, 0.1) is 18.8 Å². The van der Waals surface area contributed by atoms with Crippen molar-refractivity contribution in [2.45, 2.75) is 20.8 Å². The highest BCUT2D eigenvalue weighted by atomic mass is 16.5. The van der Waals surface area contributed by atoms with E-state index in [9.17, 15) is 0 Å². The highest BCUT2D eigenvalue weighted by Crippen LogP contribution is 2.24. The predicted molar refractivity (Wildman–Crippen MR) is 83.3 cm³/mol. The third kappa shape index (κ3) is 4.43. The van der Waals surface area contributed by atoms with E-state index in [0.717, 1.165) is 18.8 Å². The van der Waals surface area contributed by atoms with Gasteiger partial charge in [-0.1, -0.05) is 13.8 Å². The van der Waals surface area contributed by atoms with Gasteiger partial charge in [0, 0.05) is 19.3 Å². The van der Waals surface area contributed by atoms with E-state index in [1.54, 1.807) is 7.11 Å². The molecule has 3 heteroatoms. The molecule has 1 rings (SSSR count). The third-order valence-electron chi connectivity index (χ3n) is 3.74. The van der Waals surface area contributed by atoms with Gasteiger partial charge in [-0.2, -0.15) is 0 Å². The molecule has 0 aliphatic carbocycles. The maximum atomic E-state index is 5.31. The number of nitrogens with one attached hydrogen (secondary N) is 1. The van der Waals surface area contributed by atoms with Crippen LogP contribution in [0.15, 0.2) is 18.2 Å². The largest absolute Gasteiger partial charge is 0.496 e. The molecule has 0 aliphatic heterocycles. The van der Waals surface area contributed by atoms with E-state index in [1.165, 1.54) is 11.3 Å². The van der Waals surface area contributed by atoms with E-state index in [-0.39, 0.29) is 0 Å². The Balaban J connectivity index is 2.76. The van der Waals surface area contributed by atoms with Crippen LogP contribution in [0.3, 0.4) is 0 Å². The standard InChI is InChI=1S/C16H28N2O/c1-12(2)14(10-17-4)11-18(5)15-7-8-16(19-6)13(3)9-15/h7-9,12,14,17H,10-11H2,1-6H3. The van der Waals surface area contributed by atoms with Crippen molar-refractivity contribution >= 4 is 5.69 Å². The summed E-state index contributed by atoms with van der Waals surface area (Å²) < 4.78 is 5.31. The Morgan fingerprint density at radius 1 is 1.32 bits per heavy atom. The number of benzene rings is 1. The molecule has 0 saturated heterocycles. The maximum absolute atomic E-state index is 5.31. The molecular formula is C16H28N2O. The lowest BCUT2D eigenvalue weighted by Crippen LogP contribution is -2.34. The molecule has 0 heterocycles. The van der Waals surface area contributed by atoms with Crippen molar-refractivity contribution in [3.8, 4) is 5.75 Å². The molecule has 1 aromatic rings. The minimum atomic E-state index is 0.650. The summed E-state index contributed by atoms with van der Waals surface area (Å²) in [5.41, 5.74) is 2.43. The van der Waals surface area contributed by atoms with Crippen molar-refractivity contribution in [2.75, 3.05) is 39.2 Å². The van der Waals surface area contributed by atoms with Crippen LogP contribution in [-0.4, -0.2) is 34.3 Å². The number of hydrogen-bond acceptors (Lipinski definition) is 3. The Morgan fingerprint density at radius 3 is 2.47 bits per heavy atom. The SMILES string of the molecule is CNCC(CN(C)c1ccc(OC)c(C)c1)C(C)C. The van der Waals surface area contributed by atoms with E-state index >= 15 is 0 Å². The van der Waals surface area contributed by atoms with E-state index in [0.29, 0.717) is 11.8 Å². The zero-order valence-corrected chi connectivity index (χ0v) is 13.2. The molecule has 0 spiro atoms. The molecule has 19 heavy (non-hydrogen) atoms. The second-order valence-electron chi connectivity index (χ2n) is 5.60. The van der Waals surface area contributed by atoms with E-state index in [4.69, 9.17) is 4.74 Å². The molecule has 0 fully saturated rings. The molecular weight excluding hydrogens is 236 g/mol. The van der Waals surface area contributed by atoms with Gasteiger partial charge in [-0.3, -0.25) is 0 Å². The van der Waals surface area contributed by atoms with Gasteiger partial charge >= 0.3 is 0 Å². The number of anilines is 1. The zero-order valence-electron chi connectivity index (χ0n) is 13.2. The Hall–Kier alpha value is -1.22. The Labute approximate surface area is 118 Å². The molecule has 1 unspecified atom stereocenters. The van der Waals surface area contributed by atoms with Crippen molar-refractivity contribution < 1.29 is 4.74 Å². The second-order valence-corrected chi connectivity index (χ2v) is 5.60. The topological polar surface area (TPSA) is 24.5 Å². The molecule has 0 bridgehead atoms. The van der Waals surface area contributed by atoms with Crippen molar-refractivity contribution in [3.63, 3.8) is 0 Å². The average molecular weight is 264 g/mol. The Kier molecular flexibility index (Phi) is 6.16. The average Bonchev–Trinajstić information content (AvgIpc) is 2.37. The fourth-order valence-electron chi connectivity index (χ4n) is 2.33. The number of aryl methyl sites for hydroxylation is 1. The molecule has 1 aromatic carbocycles. The molecule has 1 N–H and O–H groups in total. The summed E-state index contributed by atoms with van der Waals surface area (Å²) in [6.45, 7) is 8.77. The first kappa shape index (κ1) is 15.8. The summed E-state index contributed by atoms with van der Waals surface area (Å²) >= 11 is 0. The smallest absolute Gasteiger partial charge is 0.121 e. The van der Waals surface area contributed by atoms with Crippen LogP contribution in [0.4, 0.5) is 5.69 Å². The van der Waals surface area contributed by atoms with Crippen molar-refractivity contribution in [1.82, 2.24) is 5.32 Å². The lowest BCUT2D eigenvalue weighted by molar-refractivity contribution is 0.376. The van der Waals surface area contributed by atoms with Crippen LogP contribution < -0.4 is 15.0 Å². The van der Waals surface area contributed by atoms with Crippen LogP contribution in [0.25, 0.3) is 0 Å². The molecule has 1 atom stereocenters. The first-order valence-corrected chi connectivity index (χ1v) is 7.00. The first-order valence-electron chi connectivity index (χ1n) is 7.00. The fourth-order valence-corrected chi connectivity index (χ4v) is 2.33. The fraction of sp³-hybridized carbons (Fsp3) is 0.625. The minimum Gasteiger partial charge on any atom is -0.496 e. The highest BCUT2D eigenvalue weighted by molar-refractivity contribution is 5.52. The summed E-state index contributed by atoms with van der Waals surface area (Å²) in [6.07, 6.45) is 0. The van der Waals surface area contributed by atoms with Gasteiger partial charge in [0.2, 0.25) is 0 Å². The lowest BCUT2D eigenvalue weighted by Gasteiger charge is -2.28. The van der Waals surface area contributed by atoms with Gasteiger partial charge in [0.15, 0.2) is 0 Å². The maximum Gasteiger partial charge on any atom is 0.121 e. The van der Waals surface area contributed by atoms with Gasteiger partial charge < -0.3 is 15.0 Å². The molecule has 0 saturated carbocycles. The second kappa shape index (κ2) is 7.39. The first-order chi connectivity index (χ1) is 8.99. The molecule has 0 amide bonds. The van der Waals surface area contributed by atoms with Crippen molar-refractivity contribution in [2.24, 2.45) is 11.8 Å². The Bertz CT molecular complexity index is 390. The quantitative estimate of drug-likeness (QED) is 0.819. The summed E-state index contributed by atoms with van der Waals surface area (Å²) in [7, 11) is 5.90. The van der Waals surface area contributed by atoms with E-state index in [1.807, 2.05) is 13.1 Å². The van der Waals surface area contributed by atoms with Crippen LogP contribution >= 0.6 is 0 Å².